The van der Waals surface area contributed by atoms with Crippen LogP contribution in [0.4, 0.5) is 11.4 Å². The van der Waals surface area contributed by atoms with Crippen LogP contribution in [0.1, 0.15) is 6.42 Å². The van der Waals surface area contributed by atoms with Crippen molar-refractivity contribution in [3.8, 4) is 0 Å². The molecule has 90 valence electrons. The van der Waals surface area contributed by atoms with Crippen LogP contribution in [0.2, 0.25) is 0 Å². The van der Waals surface area contributed by atoms with Crippen LogP contribution in [-0.2, 0) is 0 Å². The van der Waals surface area contributed by atoms with Crippen LogP contribution in [0, 0.1) is 0 Å². The number of nitrogens with zero attached hydrogens (tertiary/aromatic N) is 2. The molecule has 0 amide bonds. The largest absolute Gasteiger partial charge is 0.388 e. The van der Waals surface area contributed by atoms with E-state index in [9.17, 15) is 0 Å². The first-order chi connectivity index (χ1) is 7.63. The first-order valence-electron chi connectivity index (χ1n) is 5.77. The third kappa shape index (κ3) is 4.11. The van der Waals surface area contributed by atoms with Gasteiger partial charge in [-0.3, -0.25) is 0 Å². The molecule has 1 rings (SSSR count). The Hall–Kier alpha value is -1.22. The Morgan fingerprint density at radius 3 is 2.12 bits per heavy atom. The van der Waals surface area contributed by atoms with Crippen LogP contribution in [0.15, 0.2) is 24.3 Å². The minimum atomic E-state index is 1.09. The molecule has 0 radical (unpaired) electrons. The summed E-state index contributed by atoms with van der Waals surface area (Å²) in [5.74, 6) is 0. The summed E-state index contributed by atoms with van der Waals surface area (Å²) in [5, 5.41) is 3.13. The van der Waals surface area contributed by atoms with Crippen LogP contribution >= 0.6 is 0 Å². The van der Waals surface area contributed by atoms with Crippen LogP contribution in [0.5, 0.6) is 0 Å². The van der Waals surface area contributed by atoms with Gasteiger partial charge in [-0.2, -0.15) is 0 Å². The summed E-state index contributed by atoms with van der Waals surface area (Å²) in [6, 6.07) is 8.53. The van der Waals surface area contributed by atoms with Crippen molar-refractivity contribution in [2.75, 3.05) is 51.5 Å². The molecule has 0 unspecified atom stereocenters. The number of hydrogen-bond donors (Lipinski definition) is 1. The Bertz CT molecular complexity index is 293. The van der Waals surface area contributed by atoms with Gasteiger partial charge in [0.2, 0.25) is 0 Å². The zero-order valence-corrected chi connectivity index (χ0v) is 10.8. The van der Waals surface area contributed by atoms with Crippen LogP contribution in [0.3, 0.4) is 0 Å². The maximum Gasteiger partial charge on any atom is 0.0365 e. The van der Waals surface area contributed by atoms with E-state index >= 15 is 0 Å². The van der Waals surface area contributed by atoms with E-state index in [1.165, 1.54) is 12.1 Å². The van der Waals surface area contributed by atoms with Crippen molar-refractivity contribution in [1.82, 2.24) is 4.90 Å². The normalized spacial score (nSPS) is 10.6. The van der Waals surface area contributed by atoms with Gasteiger partial charge in [0.25, 0.3) is 0 Å². The fraction of sp³-hybridized carbons (Fsp3) is 0.538. The van der Waals surface area contributed by atoms with Gasteiger partial charge in [-0.25, -0.2) is 0 Å². The molecule has 1 N–H and O–H groups in total. The summed E-state index contributed by atoms with van der Waals surface area (Å²) >= 11 is 0. The molecule has 0 aliphatic carbocycles. The van der Waals surface area contributed by atoms with Gasteiger partial charge in [0.15, 0.2) is 0 Å². The molecule has 0 spiro atoms. The predicted molar refractivity (Wildman–Crippen MR) is 72.4 cm³/mol. The molecule has 3 nitrogen and oxygen atoms in total. The summed E-state index contributed by atoms with van der Waals surface area (Å²) < 4.78 is 0. The van der Waals surface area contributed by atoms with Gasteiger partial charge >= 0.3 is 0 Å². The molecule has 0 saturated heterocycles. The highest BCUT2D eigenvalue weighted by molar-refractivity contribution is 5.54. The minimum Gasteiger partial charge on any atom is -0.388 e. The Labute approximate surface area is 99.1 Å². The van der Waals surface area contributed by atoms with Gasteiger partial charge < -0.3 is 15.1 Å². The van der Waals surface area contributed by atoms with Gasteiger partial charge in [0.1, 0.15) is 0 Å². The Morgan fingerprint density at radius 2 is 1.62 bits per heavy atom. The van der Waals surface area contributed by atoms with Crippen molar-refractivity contribution in [1.29, 1.82) is 0 Å². The van der Waals surface area contributed by atoms with E-state index in [2.05, 4.69) is 60.5 Å². The van der Waals surface area contributed by atoms with Crippen molar-refractivity contribution in [3.05, 3.63) is 24.3 Å². The molecule has 0 heterocycles. The molecule has 0 atom stereocenters. The first kappa shape index (κ1) is 12.8. The van der Waals surface area contributed by atoms with Crippen molar-refractivity contribution in [2.24, 2.45) is 0 Å². The Kier molecular flexibility index (Phi) is 5.12. The zero-order chi connectivity index (χ0) is 12.0. The minimum absolute atomic E-state index is 1.09. The summed E-state index contributed by atoms with van der Waals surface area (Å²) in [5.41, 5.74) is 2.43. The highest BCUT2D eigenvalue weighted by Crippen LogP contribution is 2.16. The highest BCUT2D eigenvalue weighted by Gasteiger charge is 2.00. The molecule has 1 aromatic carbocycles. The van der Waals surface area contributed by atoms with Crippen LogP contribution in [-0.4, -0.2) is 46.2 Å². The predicted octanol–water partition coefficient (Wildman–Crippen LogP) is 2.12. The van der Waals surface area contributed by atoms with E-state index in [1.54, 1.807) is 0 Å². The number of nitrogens with one attached hydrogen (secondary N) is 1. The third-order valence-corrected chi connectivity index (χ3v) is 2.70. The second-order valence-corrected chi connectivity index (χ2v) is 4.38. The molecule has 0 bridgehead atoms. The summed E-state index contributed by atoms with van der Waals surface area (Å²) in [6.45, 7) is 2.23. The quantitative estimate of drug-likeness (QED) is 0.794. The molecular formula is C13H23N3. The number of benzene rings is 1. The van der Waals surface area contributed by atoms with Crippen molar-refractivity contribution >= 4 is 11.4 Å². The maximum atomic E-state index is 3.13. The summed E-state index contributed by atoms with van der Waals surface area (Å²) in [4.78, 5) is 4.51. The lowest BCUT2D eigenvalue weighted by Gasteiger charge is -2.20. The number of hydrogen-bond acceptors (Lipinski definition) is 3. The van der Waals surface area contributed by atoms with E-state index < -0.39 is 0 Å². The lowest BCUT2D eigenvalue weighted by Crippen LogP contribution is -2.23. The lowest BCUT2D eigenvalue weighted by atomic mass is 10.2. The Balaban J connectivity index is 2.43. The SMILES string of the molecule is CNc1ccc(N(C)CCCN(C)C)cc1. The molecular weight excluding hydrogens is 198 g/mol. The fourth-order valence-electron chi connectivity index (χ4n) is 1.64. The van der Waals surface area contributed by atoms with E-state index in [1.807, 2.05) is 7.05 Å². The lowest BCUT2D eigenvalue weighted by molar-refractivity contribution is 0.401. The van der Waals surface area contributed by atoms with Crippen LogP contribution in [0.25, 0.3) is 0 Å². The Morgan fingerprint density at radius 1 is 1.00 bits per heavy atom. The van der Waals surface area contributed by atoms with E-state index in [4.69, 9.17) is 0 Å². The van der Waals surface area contributed by atoms with E-state index in [-0.39, 0.29) is 0 Å². The summed E-state index contributed by atoms with van der Waals surface area (Å²) in [7, 11) is 8.31. The topological polar surface area (TPSA) is 18.5 Å². The van der Waals surface area contributed by atoms with Gasteiger partial charge in [-0.05, 0) is 51.3 Å². The molecule has 0 saturated carbocycles. The second kappa shape index (κ2) is 6.38. The van der Waals surface area contributed by atoms with Crippen molar-refractivity contribution in [3.63, 3.8) is 0 Å². The number of anilines is 2. The van der Waals surface area contributed by atoms with Crippen molar-refractivity contribution in [2.45, 2.75) is 6.42 Å². The van der Waals surface area contributed by atoms with Gasteiger partial charge in [-0.15, -0.1) is 0 Å². The van der Waals surface area contributed by atoms with E-state index in [0.717, 1.165) is 18.8 Å². The molecule has 0 aromatic heterocycles. The van der Waals surface area contributed by atoms with Crippen molar-refractivity contribution < 1.29 is 0 Å². The fourth-order valence-corrected chi connectivity index (χ4v) is 1.64. The summed E-state index contributed by atoms with van der Waals surface area (Å²) in [6.07, 6.45) is 1.19. The maximum absolute atomic E-state index is 3.13. The smallest absolute Gasteiger partial charge is 0.0365 e. The second-order valence-electron chi connectivity index (χ2n) is 4.38. The van der Waals surface area contributed by atoms with E-state index in [0.29, 0.717) is 0 Å². The monoisotopic (exact) mass is 221 g/mol. The molecule has 0 aliphatic heterocycles. The zero-order valence-electron chi connectivity index (χ0n) is 10.8. The third-order valence-electron chi connectivity index (χ3n) is 2.70. The average molecular weight is 221 g/mol. The van der Waals surface area contributed by atoms with Gasteiger partial charge in [0, 0.05) is 32.0 Å². The molecule has 16 heavy (non-hydrogen) atoms. The average Bonchev–Trinajstić information content (AvgIpc) is 2.28. The van der Waals surface area contributed by atoms with Gasteiger partial charge in [-0.1, -0.05) is 0 Å². The standard InChI is InChI=1S/C13H23N3/c1-14-12-6-8-13(9-7-12)16(4)11-5-10-15(2)3/h6-9,14H,5,10-11H2,1-4H3. The highest BCUT2D eigenvalue weighted by atomic mass is 15.1. The molecule has 0 fully saturated rings. The van der Waals surface area contributed by atoms with Crippen LogP contribution < -0.4 is 10.2 Å². The number of rotatable bonds is 6. The molecule has 3 heteroatoms. The molecule has 0 aliphatic rings. The van der Waals surface area contributed by atoms with Gasteiger partial charge in [0.05, 0.1) is 0 Å². The molecule has 1 aromatic rings. The first-order valence-corrected chi connectivity index (χ1v) is 5.77.